The van der Waals surface area contributed by atoms with Crippen LogP contribution in [0, 0.1) is 25.7 Å². The highest BCUT2D eigenvalue weighted by Crippen LogP contribution is 2.40. The number of unbranched alkanes of at least 4 members (excludes halogenated alkanes) is 3. The van der Waals surface area contributed by atoms with E-state index < -0.39 is 0 Å². The van der Waals surface area contributed by atoms with Gasteiger partial charge >= 0.3 is 0 Å². The fraction of sp³-hybridized carbons (Fsp3) is 0.643. The lowest BCUT2D eigenvalue weighted by atomic mass is 9.94. The predicted octanol–water partition coefficient (Wildman–Crippen LogP) is 9.40. The number of hydrogen-bond donors (Lipinski definition) is 0. The summed E-state index contributed by atoms with van der Waals surface area (Å²) >= 11 is 0. The Morgan fingerprint density at radius 1 is 1.00 bits per heavy atom. The second-order valence-electron chi connectivity index (χ2n) is 8.21. The highest BCUT2D eigenvalue weighted by atomic mass is 14.3. The van der Waals surface area contributed by atoms with E-state index in [1.165, 1.54) is 79.2 Å². The van der Waals surface area contributed by atoms with E-state index in [1.807, 2.05) is 27.7 Å². The predicted molar refractivity (Wildman–Crippen MR) is 130 cm³/mol. The molecule has 2 atom stereocenters. The van der Waals surface area contributed by atoms with Gasteiger partial charge in [-0.1, -0.05) is 94.9 Å². The maximum Gasteiger partial charge on any atom is -0.0166 e. The molecule has 1 fully saturated rings. The SMILES string of the molecule is C=C(C)CC1CC(CCCCCCc2ccc(C)cc2C)CC1=C.CC.CC. The quantitative estimate of drug-likeness (QED) is 0.294. The Morgan fingerprint density at radius 3 is 2.25 bits per heavy atom. The van der Waals surface area contributed by atoms with Crippen molar-refractivity contribution in [3.63, 3.8) is 0 Å². The molecule has 1 aliphatic carbocycles. The fourth-order valence-electron chi connectivity index (χ4n) is 4.29. The van der Waals surface area contributed by atoms with Gasteiger partial charge in [-0.2, -0.15) is 0 Å². The molecule has 0 aliphatic heterocycles. The Labute approximate surface area is 177 Å². The summed E-state index contributed by atoms with van der Waals surface area (Å²) in [6, 6.07) is 6.87. The maximum atomic E-state index is 4.30. The molecule has 1 aliphatic rings. The molecule has 28 heavy (non-hydrogen) atoms. The van der Waals surface area contributed by atoms with E-state index in [9.17, 15) is 0 Å². The molecule has 0 aromatic heterocycles. The summed E-state index contributed by atoms with van der Waals surface area (Å²) in [6.07, 6.45) is 11.9. The van der Waals surface area contributed by atoms with Crippen molar-refractivity contribution in [1.29, 1.82) is 0 Å². The van der Waals surface area contributed by atoms with E-state index >= 15 is 0 Å². The van der Waals surface area contributed by atoms with Gasteiger partial charge in [0.25, 0.3) is 0 Å². The first kappa shape index (κ1) is 26.7. The van der Waals surface area contributed by atoms with Crippen molar-refractivity contribution >= 4 is 0 Å². The standard InChI is InChI=1S/C24H36.2C2H6/c1-18(2)14-24-17-22(16-21(24)5)10-8-6-7-9-11-23-13-12-19(3)15-20(23)4;2*1-2/h12-13,15,22,24H,1,5-11,14,16-17H2,2-4H3;2*1-2H3. The van der Waals surface area contributed by atoms with E-state index in [0.29, 0.717) is 0 Å². The monoisotopic (exact) mass is 384 g/mol. The highest BCUT2D eigenvalue weighted by molar-refractivity contribution is 5.30. The minimum absolute atomic E-state index is 0.719. The largest absolute Gasteiger partial charge is 0.100 e. The Balaban J connectivity index is 0.00000171. The fourth-order valence-corrected chi connectivity index (χ4v) is 4.29. The summed E-state index contributed by atoms with van der Waals surface area (Å²) in [4.78, 5) is 0. The lowest BCUT2D eigenvalue weighted by Gasteiger charge is -2.11. The summed E-state index contributed by atoms with van der Waals surface area (Å²) in [5.74, 6) is 1.61. The van der Waals surface area contributed by atoms with Gasteiger partial charge in [-0.15, -0.1) is 6.58 Å². The summed E-state index contributed by atoms with van der Waals surface area (Å²) in [7, 11) is 0. The average Bonchev–Trinajstić information content (AvgIpc) is 3.01. The Bertz CT molecular complexity index is 563. The number of rotatable bonds is 9. The van der Waals surface area contributed by atoms with Gasteiger partial charge in [-0.25, -0.2) is 0 Å². The molecule has 2 unspecified atom stereocenters. The second kappa shape index (κ2) is 15.6. The molecule has 160 valence electrons. The van der Waals surface area contributed by atoms with Gasteiger partial charge in [0.1, 0.15) is 0 Å². The average molecular weight is 385 g/mol. The molecule has 0 amide bonds. The van der Waals surface area contributed by atoms with Crippen LogP contribution in [0.2, 0.25) is 0 Å². The molecule has 0 heterocycles. The van der Waals surface area contributed by atoms with E-state index in [-0.39, 0.29) is 0 Å². The van der Waals surface area contributed by atoms with E-state index in [4.69, 9.17) is 0 Å². The van der Waals surface area contributed by atoms with Crippen molar-refractivity contribution in [1.82, 2.24) is 0 Å². The zero-order valence-electron chi connectivity index (χ0n) is 20.2. The topological polar surface area (TPSA) is 0 Å². The summed E-state index contributed by atoms with van der Waals surface area (Å²) in [5, 5.41) is 0. The lowest BCUT2D eigenvalue weighted by Crippen LogP contribution is -1.98. The Hall–Kier alpha value is -1.30. The van der Waals surface area contributed by atoms with Crippen LogP contribution in [-0.4, -0.2) is 0 Å². The molecule has 0 nitrogen and oxygen atoms in total. The number of benzene rings is 1. The summed E-state index contributed by atoms with van der Waals surface area (Å²) in [5.41, 5.74) is 7.17. The van der Waals surface area contributed by atoms with Crippen LogP contribution in [0.1, 0.15) is 103 Å². The van der Waals surface area contributed by atoms with E-state index in [0.717, 1.165) is 18.3 Å². The molecule has 1 saturated carbocycles. The van der Waals surface area contributed by atoms with Gasteiger partial charge in [-0.3, -0.25) is 0 Å². The van der Waals surface area contributed by atoms with Crippen LogP contribution in [0.5, 0.6) is 0 Å². The van der Waals surface area contributed by atoms with Crippen LogP contribution in [0.25, 0.3) is 0 Å². The molecule has 0 bridgehead atoms. The van der Waals surface area contributed by atoms with Crippen molar-refractivity contribution in [2.75, 3.05) is 0 Å². The Kier molecular flexibility index (Phi) is 14.9. The van der Waals surface area contributed by atoms with Gasteiger partial charge in [0.2, 0.25) is 0 Å². The van der Waals surface area contributed by atoms with Crippen LogP contribution in [0.4, 0.5) is 0 Å². The molecule has 1 aromatic rings. The van der Waals surface area contributed by atoms with Gasteiger partial charge in [0, 0.05) is 0 Å². The van der Waals surface area contributed by atoms with Crippen molar-refractivity contribution in [3.8, 4) is 0 Å². The zero-order valence-corrected chi connectivity index (χ0v) is 20.2. The van der Waals surface area contributed by atoms with Gasteiger partial charge < -0.3 is 0 Å². The third kappa shape index (κ3) is 10.3. The number of allylic oxidation sites excluding steroid dienone is 2. The zero-order chi connectivity index (χ0) is 21.5. The van der Waals surface area contributed by atoms with Crippen molar-refractivity contribution in [3.05, 3.63) is 59.2 Å². The first-order chi connectivity index (χ1) is 13.5. The summed E-state index contributed by atoms with van der Waals surface area (Å²) in [6.45, 7) is 22.9. The Morgan fingerprint density at radius 2 is 1.64 bits per heavy atom. The maximum absolute atomic E-state index is 4.30. The smallest absolute Gasteiger partial charge is 0.0166 e. The second-order valence-corrected chi connectivity index (χ2v) is 8.21. The number of hydrogen-bond acceptors (Lipinski definition) is 0. The molecule has 0 heteroatoms. The van der Waals surface area contributed by atoms with Crippen LogP contribution in [-0.2, 0) is 6.42 Å². The third-order valence-electron chi connectivity index (χ3n) is 5.65. The molecule has 0 spiro atoms. The van der Waals surface area contributed by atoms with Crippen molar-refractivity contribution < 1.29 is 0 Å². The summed E-state index contributed by atoms with van der Waals surface area (Å²) < 4.78 is 0. The van der Waals surface area contributed by atoms with Crippen LogP contribution < -0.4 is 0 Å². The molecule has 0 N–H and O–H groups in total. The third-order valence-corrected chi connectivity index (χ3v) is 5.65. The first-order valence-electron chi connectivity index (χ1n) is 11.8. The minimum atomic E-state index is 0.719. The number of aryl methyl sites for hydroxylation is 3. The van der Waals surface area contributed by atoms with Gasteiger partial charge in [0.15, 0.2) is 0 Å². The molecule has 0 radical (unpaired) electrons. The molecular weight excluding hydrogens is 336 g/mol. The van der Waals surface area contributed by atoms with Crippen molar-refractivity contribution in [2.45, 2.75) is 106 Å². The normalized spacial score (nSPS) is 18.0. The van der Waals surface area contributed by atoms with E-state index in [1.54, 1.807) is 0 Å². The van der Waals surface area contributed by atoms with Crippen molar-refractivity contribution in [2.24, 2.45) is 11.8 Å². The molecule has 2 rings (SSSR count). The van der Waals surface area contributed by atoms with Gasteiger partial charge in [0.05, 0.1) is 0 Å². The molecule has 0 saturated heterocycles. The van der Waals surface area contributed by atoms with Crippen LogP contribution in [0.3, 0.4) is 0 Å². The van der Waals surface area contributed by atoms with E-state index in [2.05, 4.69) is 52.1 Å². The van der Waals surface area contributed by atoms with Crippen LogP contribution >= 0.6 is 0 Å². The molecule has 1 aromatic carbocycles. The lowest BCUT2D eigenvalue weighted by molar-refractivity contribution is 0.439. The first-order valence-corrected chi connectivity index (χ1v) is 11.8. The van der Waals surface area contributed by atoms with Gasteiger partial charge in [-0.05, 0) is 75.8 Å². The highest BCUT2D eigenvalue weighted by Gasteiger charge is 2.27. The molecular formula is C28H48. The van der Waals surface area contributed by atoms with Crippen LogP contribution in [0.15, 0.2) is 42.5 Å². The minimum Gasteiger partial charge on any atom is -0.100 e.